The molecule has 2 aromatic carbocycles. The van der Waals surface area contributed by atoms with Crippen LogP contribution in [0.2, 0.25) is 0 Å². The van der Waals surface area contributed by atoms with Crippen LogP contribution in [0, 0.1) is 5.82 Å². The topological polar surface area (TPSA) is 75.7 Å². The van der Waals surface area contributed by atoms with Gasteiger partial charge in [-0.1, -0.05) is 48.5 Å². The van der Waals surface area contributed by atoms with Gasteiger partial charge in [0, 0.05) is 18.2 Å². The SMILES string of the molecule is CCOC(=O)N1CCC[C@H](NS(C)(=O)=O)[C@@H]1Cc1cccc(-c2ccccc2)c1F. The van der Waals surface area contributed by atoms with Gasteiger partial charge in [-0.25, -0.2) is 22.3 Å². The van der Waals surface area contributed by atoms with Gasteiger partial charge in [-0.05, 0) is 37.3 Å². The molecule has 1 amide bonds. The summed E-state index contributed by atoms with van der Waals surface area (Å²) in [5.74, 6) is -0.365. The number of ether oxygens (including phenoxy) is 1. The summed E-state index contributed by atoms with van der Waals surface area (Å²) < 4.78 is 46.9. The summed E-state index contributed by atoms with van der Waals surface area (Å²) in [5, 5.41) is 0. The molecule has 1 heterocycles. The first-order valence-corrected chi connectivity index (χ1v) is 11.9. The zero-order valence-electron chi connectivity index (χ0n) is 17.2. The van der Waals surface area contributed by atoms with Crippen LogP contribution >= 0.6 is 0 Å². The predicted octanol–water partition coefficient (Wildman–Crippen LogP) is 3.57. The average molecular weight is 435 g/mol. The van der Waals surface area contributed by atoms with Gasteiger partial charge in [0.1, 0.15) is 5.82 Å². The summed E-state index contributed by atoms with van der Waals surface area (Å²) >= 11 is 0. The lowest BCUT2D eigenvalue weighted by atomic mass is 9.90. The second kappa shape index (κ2) is 9.57. The van der Waals surface area contributed by atoms with E-state index in [1.165, 1.54) is 4.90 Å². The minimum Gasteiger partial charge on any atom is -0.450 e. The molecule has 30 heavy (non-hydrogen) atoms. The Balaban J connectivity index is 1.95. The van der Waals surface area contributed by atoms with Gasteiger partial charge >= 0.3 is 6.09 Å². The highest BCUT2D eigenvalue weighted by molar-refractivity contribution is 7.88. The molecule has 2 atom stereocenters. The van der Waals surface area contributed by atoms with Crippen molar-refractivity contribution in [2.24, 2.45) is 0 Å². The van der Waals surface area contributed by atoms with Crippen LogP contribution in [0.4, 0.5) is 9.18 Å². The van der Waals surface area contributed by atoms with Gasteiger partial charge < -0.3 is 9.64 Å². The molecule has 6 nitrogen and oxygen atoms in total. The molecule has 0 aromatic heterocycles. The molecular weight excluding hydrogens is 407 g/mol. The molecule has 1 aliphatic rings. The monoisotopic (exact) mass is 434 g/mol. The minimum absolute atomic E-state index is 0.179. The van der Waals surface area contributed by atoms with Crippen LogP contribution in [-0.2, 0) is 21.2 Å². The van der Waals surface area contributed by atoms with E-state index in [9.17, 15) is 13.2 Å². The molecule has 0 bridgehead atoms. The van der Waals surface area contributed by atoms with Crippen molar-refractivity contribution in [3.8, 4) is 11.1 Å². The number of piperidine rings is 1. The van der Waals surface area contributed by atoms with E-state index >= 15 is 4.39 Å². The predicted molar refractivity (Wildman–Crippen MR) is 114 cm³/mol. The number of carbonyl (C=O) groups is 1. The Morgan fingerprint density at radius 3 is 2.60 bits per heavy atom. The van der Waals surface area contributed by atoms with Crippen LogP contribution in [0.3, 0.4) is 0 Å². The second-order valence-corrected chi connectivity index (χ2v) is 9.23. The third-order valence-corrected chi connectivity index (χ3v) is 5.97. The lowest BCUT2D eigenvalue weighted by molar-refractivity contribution is 0.0676. The molecule has 162 valence electrons. The first kappa shape index (κ1) is 22.2. The highest BCUT2D eigenvalue weighted by atomic mass is 32.2. The fraction of sp³-hybridized carbons (Fsp3) is 0.409. The van der Waals surface area contributed by atoms with Crippen LogP contribution in [0.25, 0.3) is 11.1 Å². The molecule has 8 heteroatoms. The Morgan fingerprint density at radius 2 is 1.93 bits per heavy atom. The van der Waals surface area contributed by atoms with Crippen LogP contribution in [0.1, 0.15) is 25.3 Å². The molecule has 3 rings (SSSR count). The van der Waals surface area contributed by atoms with E-state index in [0.717, 1.165) is 11.8 Å². The Bertz CT molecular complexity index is 982. The Hall–Kier alpha value is -2.45. The molecule has 0 aliphatic carbocycles. The number of amides is 1. The van der Waals surface area contributed by atoms with Crippen LogP contribution in [-0.4, -0.2) is 50.9 Å². The highest BCUT2D eigenvalue weighted by Crippen LogP contribution is 2.28. The van der Waals surface area contributed by atoms with Gasteiger partial charge in [-0.2, -0.15) is 0 Å². The normalized spacial score (nSPS) is 19.5. The van der Waals surface area contributed by atoms with Crippen molar-refractivity contribution >= 4 is 16.1 Å². The second-order valence-electron chi connectivity index (χ2n) is 7.45. The third-order valence-electron chi connectivity index (χ3n) is 5.24. The number of sulfonamides is 1. The van der Waals surface area contributed by atoms with E-state index in [-0.39, 0.29) is 18.8 Å². The number of nitrogens with zero attached hydrogens (tertiary/aromatic N) is 1. The minimum atomic E-state index is -3.49. The number of nitrogens with one attached hydrogen (secondary N) is 1. The van der Waals surface area contributed by atoms with Gasteiger partial charge in [-0.3, -0.25) is 0 Å². The quantitative estimate of drug-likeness (QED) is 0.754. The molecular formula is C22H27FN2O4S. The Labute approximate surface area is 177 Å². The fourth-order valence-corrected chi connectivity index (χ4v) is 4.78. The van der Waals surface area contributed by atoms with Crippen molar-refractivity contribution in [3.05, 3.63) is 59.9 Å². The number of carbonyl (C=O) groups excluding carboxylic acids is 1. The molecule has 2 aromatic rings. The van der Waals surface area contributed by atoms with E-state index in [2.05, 4.69) is 4.72 Å². The van der Waals surface area contributed by atoms with Gasteiger partial charge in [-0.15, -0.1) is 0 Å². The molecule has 0 spiro atoms. The lowest BCUT2D eigenvalue weighted by Crippen LogP contribution is -2.57. The van der Waals surface area contributed by atoms with Crippen molar-refractivity contribution in [1.82, 2.24) is 9.62 Å². The average Bonchev–Trinajstić information content (AvgIpc) is 2.70. The molecule has 0 saturated carbocycles. The zero-order chi connectivity index (χ0) is 21.7. The van der Waals surface area contributed by atoms with Crippen molar-refractivity contribution in [3.63, 3.8) is 0 Å². The van der Waals surface area contributed by atoms with Crippen LogP contribution in [0.5, 0.6) is 0 Å². The summed E-state index contributed by atoms with van der Waals surface area (Å²) in [4.78, 5) is 14.0. The van der Waals surface area contributed by atoms with E-state index in [1.54, 1.807) is 25.1 Å². The van der Waals surface area contributed by atoms with E-state index in [4.69, 9.17) is 4.74 Å². The zero-order valence-corrected chi connectivity index (χ0v) is 18.0. The largest absolute Gasteiger partial charge is 0.450 e. The number of hydrogen-bond donors (Lipinski definition) is 1. The first-order valence-electron chi connectivity index (χ1n) is 10.0. The van der Waals surface area contributed by atoms with E-state index in [1.807, 2.05) is 30.3 Å². The molecule has 1 N–H and O–H groups in total. The third kappa shape index (κ3) is 5.37. The summed E-state index contributed by atoms with van der Waals surface area (Å²) in [7, 11) is -3.49. The Morgan fingerprint density at radius 1 is 1.20 bits per heavy atom. The van der Waals surface area contributed by atoms with Crippen molar-refractivity contribution in [1.29, 1.82) is 0 Å². The number of rotatable bonds is 6. The van der Waals surface area contributed by atoms with E-state index in [0.29, 0.717) is 30.5 Å². The Kier molecular flexibility index (Phi) is 7.10. The number of hydrogen-bond acceptors (Lipinski definition) is 4. The van der Waals surface area contributed by atoms with Gasteiger partial charge in [0.25, 0.3) is 0 Å². The maximum atomic E-state index is 15.4. The number of likely N-dealkylation sites (tertiary alicyclic amines) is 1. The summed E-state index contributed by atoms with van der Waals surface area (Å²) in [6.45, 7) is 2.36. The lowest BCUT2D eigenvalue weighted by Gasteiger charge is -2.40. The molecule has 1 saturated heterocycles. The smallest absolute Gasteiger partial charge is 0.410 e. The highest BCUT2D eigenvalue weighted by Gasteiger charge is 2.37. The number of halogens is 1. The van der Waals surface area contributed by atoms with E-state index < -0.39 is 28.2 Å². The number of benzene rings is 2. The maximum absolute atomic E-state index is 15.4. The fourth-order valence-electron chi connectivity index (χ4n) is 3.96. The summed E-state index contributed by atoms with van der Waals surface area (Å²) in [6, 6.07) is 13.3. The molecule has 1 fully saturated rings. The van der Waals surface area contributed by atoms with Gasteiger partial charge in [0.05, 0.1) is 18.9 Å². The van der Waals surface area contributed by atoms with Crippen molar-refractivity contribution in [2.45, 2.75) is 38.3 Å². The standard InChI is InChI=1S/C22H27FN2O4S/c1-3-29-22(26)25-14-8-13-19(24-30(2,27)28)20(25)15-17-11-7-12-18(21(17)23)16-9-5-4-6-10-16/h4-7,9-12,19-20,24H,3,8,13-15H2,1-2H3/t19-,20-/m0/s1. The van der Waals surface area contributed by atoms with Crippen LogP contribution in [0.15, 0.2) is 48.5 Å². The first-order chi connectivity index (χ1) is 14.3. The van der Waals surface area contributed by atoms with Crippen molar-refractivity contribution < 1.29 is 22.3 Å². The summed E-state index contributed by atoms with van der Waals surface area (Å²) in [6.07, 6.45) is 1.95. The van der Waals surface area contributed by atoms with Crippen LogP contribution < -0.4 is 4.72 Å². The summed E-state index contributed by atoms with van der Waals surface area (Å²) in [5.41, 5.74) is 1.66. The molecule has 0 unspecified atom stereocenters. The maximum Gasteiger partial charge on any atom is 0.410 e. The van der Waals surface area contributed by atoms with Crippen molar-refractivity contribution in [2.75, 3.05) is 19.4 Å². The van der Waals surface area contributed by atoms with Gasteiger partial charge in [0.15, 0.2) is 0 Å². The van der Waals surface area contributed by atoms with Gasteiger partial charge in [0.2, 0.25) is 10.0 Å². The molecule has 1 aliphatic heterocycles. The molecule has 0 radical (unpaired) electrons.